The average molecular weight is 411 g/mol. The van der Waals surface area contributed by atoms with E-state index < -0.39 is 0 Å². The molecule has 0 saturated heterocycles. The Hall–Kier alpha value is -3.05. The number of nitrogens with one attached hydrogen (secondary N) is 1. The molecule has 3 rings (SSSR count). The molecule has 0 radical (unpaired) electrons. The Balaban J connectivity index is 1.61. The first-order valence-corrected chi connectivity index (χ1v) is 9.89. The maximum absolute atomic E-state index is 12.3. The molecule has 0 fully saturated rings. The van der Waals surface area contributed by atoms with Crippen molar-refractivity contribution >= 4 is 35.2 Å². The van der Waals surface area contributed by atoms with Gasteiger partial charge in [-0.05, 0) is 68.0 Å². The molecule has 0 unspecified atom stereocenters. The summed E-state index contributed by atoms with van der Waals surface area (Å²) in [5.74, 6) is 0.498. The second-order valence-electron chi connectivity index (χ2n) is 6.57. The molecule has 1 N–H and O–H groups in total. The minimum atomic E-state index is -0.259. The van der Waals surface area contributed by atoms with Crippen LogP contribution in [0.25, 0.3) is 6.08 Å². The zero-order valence-corrected chi connectivity index (χ0v) is 17.2. The van der Waals surface area contributed by atoms with Crippen molar-refractivity contribution < 1.29 is 14.3 Å². The number of carbonyl (C=O) groups is 2. The first-order chi connectivity index (χ1) is 14.0. The number of rotatable bonds is 6. The van der Waals surface area contributed by atoms with E-state index in [0.717, 1.165) is 16.9 Å². The van der Waals surface area contributed by atoms with Crippen molar-refractivity contribution in [3.05, 3.63) is 76.3 Å². The van der Waals surface area contributed by atoms with E-state index in [4.69, 9.17) is 16.3 Å². The van der Waals surface area contributed by atoms with Crippen LogP contribution in [0.15, 0.2) is 60.2 Å². The SMILES string of the molecule is CCN(CC)C(=O)c1ccc(NC(=O)/C=C/C2=Cc3cc(Cl)ccc3OC2)cc1. The zero-order chi connectivity index (χ0) is 20.8. The van der Waals surface area contributed by atoms with E-state index >= 15 is 0 Å². The van der Waals surface area contributed by atoms with Crippen LogP contribution in [-0.2, 0) is 4.79 Å². The van der Waals surface area contributed by atoms with Crippen molar-refractivity contribution in [1.29, 1.82) is 0 Å². The van der Waals surface area contributed by atoms with Crippen molar-refractivity contribution in [3.63, 3.8) is 0 Å². The topological polar surface area (TPSA) is 58.6 Å². The average Bonchev–Trinajstić information content (AvgIpc) is 2.73. The molecule has 0 atom stereocenters. The second-order valence-corrected chi connectivity index (χ2v) is 7.00. The zero-order valence-electron chi connectivity index (χ0n) is 16.4. The predicted octanol–water partition coefficient (Wildman–Crippen LogP) is 4.79. The third kappa shape index (κ3) is 5.27. The number of halogens is 1. The highest BCUT2D eigenvalue weighted by Crippen LogP contribution is 2.29. The van der Waals surface area contributed by atoms with Crippen LogP contribution in [0.3, 0.4) is 0 Å². The van der Waals surface area contributed by atoms with Gasteiger partial charge in [0.05, 0.1) is 0 Å². The molecule has 6 heteroatoms. The van der Waals surface area contributed by atoms with Crippen molar-refractivity contribution in [3.8, 4) is 5.75 Å². The smallest absolute Gasteiger partial charge is 0.253 e. The van der Waals surface area contributed by atoms with Crippen LogP contribution in [0, 0.1) is 0 Å². The number of hydrogen-bond donors (Lipinski definition) is 1. The number of carbonyl (C=O) groups excluding carboxylic acids is 2. The maximum Gasteiger partial charge on any atom is 0.253 e. The van der Waals surface area contributed by atoms with Gasteiger partial charge in [0.15, 0.2) is 0 Å². The summed E-state index contributed by atoms with van der Waals surface area (Å²) in [6.07, 6.45) is 5.12. The van der Waals surface area contributed by atoms with E-state index in [0.29, 0.717) is 36.0 Å². The number of fused-ring (bicyclic) bond motifs is 1. The first kappa shape index (κ1) is 20.7. The lowest BCUT2D eigenvalue weighted by atomic mass is 10.1. The fourth-order valence-electron chi connectivity index (χ4n) is 3.02. The van der Waals surface area contributed by atoms with Gasteiger partial charge < -0.3 is 15.0 Å². The summed E-state index contributed by atoms with van der Waals surface area (Å²) in [7, 11) is 0. The molecule has 1 aliphatic rings. The van der Waals surface area contributed by atoms with Crippen LogP contribution < -0.4 is 10.1 Å². The minimum absolute atomic E-state index is 0.0163. The fourth-order valence-corrected chi connectivity index (χ4v) is 3.20. The van der Waals surface area contributed by atoms with Gasteiger partial charge in [0.1, 0.15) is 12.4 Å². The summed E-state index contributed by atoms with van der Waals surface area (Å²) in [4.78, 5) is 26.3. The Kier molecular flexibility index (Phi) is 6.73. The number of ether oxygens (including phenoxy) is 1. The molecule has 0 saturated carbocycles. The van der Waals surface area contributed by atoms with Crippen molar-refractivity contribution in [2.75, 3.05) is 25.0 Å². The number of hydrogen-bond acceptors (Lipinski definition) is 3. The molecule has 5 nitrogen and oxygen atoms in total. The number of amides is 2. The second kappa shape index (κ2) is 9.43. The number of benzene rings is 2. The largest absolute Gasteiger partial charge is 0.488 e. The van der Waals surface area contributed by atoms with Crippen molar-refractivity contribution in [2.24, 2.45) is 0 Å². The Morgan fingerprint density at radius 3 is 2.55 bits per heavy atom. The van der Waals surface area contributed by atoms with Crippen molar-refractivity contribution in [1.82, 2.24) is 4.90 Å². The number of anilines is 1. The summed E-state index contributed by atoms with van der Waals surface area (Å²) in [5, 5.41) is 3.43. The molecule has 2 aromatic carbocycles. The molecule has 0 spiro atoms. The normalized spacial score (nSPS) is 12.7. The quantitative estimate of drug-likeness (QED) is 0.696. The predicted molar refractivity (Wildman–Crippen MR) is 116 cm³/mol. The lowest BCUT2D eigenvalue weighted by Crippen LogP contribution is -2.30. The van der Waals surface area contributed by atoms with E-state index in [1.807, 2.05) is 32.1 Å². The summed E-state index contributed by atoms with van der Waals surface area (Å²) in [6, 6.07) is 12.3. The van der Waals surface area contributed by atoms with Crippen LogP contribution in [0.5, 0.6) is 5.75 Å². The van der Waals surface area contributed by atoms with Gasteiger partial charge in [-0.25, -0.2) is 0 Å². The molecule has 0 aliphatic carbocycles. The van der Waals surface area contributed by atoms with E-state index in [1.54, 1.807) is 41.3 Å². The van der Waals surface area contributed by atoms with E-state index in [9.17, 15) is 9.59 Å². The van der Waals surface area contributed by atoms with E-state index in [1.165, 1.54) is 6.08 Å². The number of nitrogens with zero attached hydrogens (tertiary/aromatic N) is 1. The molecule has 29 heavy (non-hydrogen) atoms. The third-order valence-electron chi connectivity index (χ3n) is 4.61. The van der Waals surface area contributed by atoms with Gasteiger partial charge >= 0.3 is 0 Å². The minimum Gasteiger partial charge on any atom is -0.488 e. The van der Waals surface area contributed by atoms with Crippen LogP contribution in [0.1, 0.15) is 29.8 Å². The Bertz CT molecular complexity index is 961. The molecular formula is C23H23ClN2O3. The molecule has 0 aromatic heterocycles. The van der Waals surface area contributed by atoms with Gasteiger partial charge in [0, 0.05) is 41.0 Å². The maximum atomic E-state index is 12.3. The van der Waals surface area contributed by atoms with Gasteiger partial charge in [-0.3, -0.25) is 9.59 Å². The van der Waals surface area contributed by atoms with Crippen molar-refractivity contribution in [2.45, 2.75) is 13.8 Å². The van der Waals surface area contributed by atoms with Crippen LogP contribution in [0.4, 0.5) is 5.69 Å². The highest BCUT2D eigenvalue weighted by molar-refractivity contribution is 6.30. The summed E-state index contributed by atoms with van der Waals surface area (Å²) >= 11 is 6.02. The fraction of sp³-hybridized carbons (Fsp3) is 0.217. The molecule has 1 heterocycles. The molecular weight excluding hydrogens is 388 g/mol. The third-order valence-corrected chi connectivity index (χ3v) is 4.84. The standard InChI is InChI=1S/C23H23ClN2O3/c1-3-26(4-2)23(28)17-6-9-20(10-7-17)25-22(27)12-5-16-13-18-14-19(24)8-11-21(18)29-15-16/h5-14H,3-4,15H2,1-2H3,(H,25,27)/b12-5+. The molecule has 150 valence electrons. The van der Waals surface area contributed by atoms with Gasteiger partial charge in [0.2, 0.25) is 5.91 Å². The van der Waals surface area contributed by atoms with Gasteiger partial charge in [-0.1, -0.05) is 17.7 Å². The summed E-state index contributed by atoms with van der Waals surface area (Å²) in [5.41, 5.74) is 2.98. The van der Waals surface area contributed by atoms with E-state index in [-0.39, 0.29) is 11.8 Å². The molecule has 1 aliphatic heterocycles. The van der Waals surface area contributed by atoms with Gasteiger partial charge in [-0.2, -0.15) is 0 Å². The molecule has 0 bridgehead atoms. The Labute approximate surface area is 175 Å². The van der Waals surface area contributed by atoms with Crippen LogP contribution in [0.2, 0.25) is 5.02 Å². The van der Waals surface area contributed by atoms with Crippen LogP contribution in [-0.4, -0.2) is 36.4 Å². The highest BCUT2D eigenvalue weighted by atomic mass is 35.5. The Morgan fingerprint density at radius 1 is 1.14 bits per heavy atom. The molecule has 2 aromatic rings. The highest BCUT2D eigenvalue weighted by Gasteiger charge is 2.13. The Morgan fingerprint density at radius 2 is 1.86 bits per heavy atom. The first-order valence-electron chi connectivity index (χ1n) is 9.51. The monoisotopic (exact) mass is 410 g/mol. The summed E-state index contributed by atoms with van der Waals surface area (Å²) < 4.78 is 5.67. The van der Waals surface area contributed by atoms with Crippen LogP contribution >= 0.6 is 11.6 Å². The summed E-state index contributed by atoms with van der Waals surface area (Å²) in [6.45, 7) is 5.61. The van der Waals surface area contributed by atoms with E-state index in [2.05, 4.69) is 5.32 Å². The lowest BCUT2D eigenvalue weighted by molar-refractivity contribution is -0.111. The molecule has 2 amide bonds. The van der Waals surface area contributed by atoms with Gasteiger partial charge in [-0.15, -0.1) is 0 Å². The van der Waals surface area contributed by atoms with Gasteiger partial charge in [0.25, 0.3) is 5.91 Å². The lowest BCUT2D eigenvalue weighted by Gasteiger charge is -2.18.